The van der Waals surface area contributed by atoms with Gasteiger partial charge in [0.1, 0.15) is 0 Å². The second-order valence-electron chi connectivity index (χ2n) is 2.10. The van der Waals surface area contributed by atoms with Gasteiger partial charge in [-0.2, -0.15) is 0 Å². The third-order valence-corrected chi connectivity index (χ3v) is 1.27. The van der Waals surface area contributed by atoms with Crippen molar-refractivity contribution in [1.29, 1.82) is 0 Å². The maximum absolute atomic E-state index is 8.45. The van der Waals surface area contributed by atoms with Crippen molar-refractivity contribution in [3.05, 3.63) is 12.4 Å². The summed E-state index contributed by atoms with van der Waals surface area (Å²) in [4.78, 5) is 0. The number of aliphatic hydroxyl groups excluding tert-OH is 1. The molecule has 0 saturated carbocycles. The maximum atomic E-state index is 8.45. The minimum Gasteiger partial charge on any atom is -0.396 e. The minimum absolute atomic E-state index is 0.259. The van der Waals surface area contributed by atoms with Gasteiger partial charge in [0.25, 0.3) is 0 Å². The van der Waals surface area contributed by atoms with E-state index in [0.717, 1.165) is 19.4 Å². The van der Waals surface area contributed by atoms with Gasteiger partial charge in [0, 0.05) is 19.3 Å². The van der Waals surface area contributed by atoms with Crippen LogP contribution in [0.25, 0.3) is 0 Å². The predicted octanol–water partition coefficient (Wildman–Crippen LogP) is 0.0506. The summed E-state index contributed by atoms with van der Waals surface area (Å²) in [7, 11) is 0. The van der Waals surface area contributed by atoms with E-state index in [1.165, 1.54) is 0 Å². The number of aliphatic hydroxyl groups is 1. The lowest BCUT2D eigenvalue weighted by Crippen LogP contribution is -1.99. The van der Waals surface area contributed by atoms with Crippen molar-refractivity contribution in [2.24, 2.45) is 0 Å². The van der Waals surface area contributed by atoms with Crippen molar-refractivity contribution >= 4 is 0 Å². The molecule has 0 fully saturated rings. The van der Waals surface area contributed by atoms with Crippen LogP contribution in [0.3, 0.4) is 0 Å². The molecule has 0 unspecified atom stereocenters. The lowest BCUT2D eigenvalue weighted by molar-refractivity contribution is 0.280. The lowest BCUT2D eigenvalue weighted by atomic mass is 10.3. The van der Waals surface area contributed by atoms with Gasteiger partial charge in [0.15, 0.2) is 0 Å². The van der Waals surface area contributed by atoms with Gasteiger partial charge in [0.2, 0.25) is 0 Å². The average molecular weight is 141 g/mol. The molecule has 0 aliphatic heterocycles. The minimum atomic E-state index is 0.259. The first kappa shape index (κ1) is 7.21. The van der Waals surface area contributed by atoms with Crippen molar-refractivity contribution in [1.82, 2.24) is 15.0 Å². The molecule has 1 aromatic rings. The molecule has 1 N–H and O–H groups in total. The normalized spacial score (nSPS) is 10.1. The molecule has 1 aromatic heterocycles. The van der Waals surface area contributed by atoms with Crippen LogP contribution >= 0.6 is 0 Å². The Balaban J connectivity index is 2.15. The smallest absolute Gasteiger partial charge is 0.0692 e. The van der Waals surface area contributed by atoms with E-state index in [1.54, 1.807) is 10.9 Å². The summed E-state index contributed by atoms with van der Waals surface area (Å²) >= 11 is 0. The van der Waals surface area contributed by atoms with E-state index in [1.807, 2.05) is 6.20 Å². The third kappa shape index (κ3) is 2.14. The van der Waals surface area contributed by atoms with E-state index in [4.69, 9.17) is 5.11 Å². The van der Waals surface area contributed by atoms with Crippen LogP contribution in [0.15, 0.2) is 12.4 Å². The van der Waals surface area contributed by atoms with Gasteiger partial charge in [-0.05, 0) is 12.8 Å². The zero-order chi connectivity index (χ0) is 7.23. The van der Waals surface area contributed by atoms with E-state index < -0.39 is 0 Å². The highest BCUT2D eigenvalue weighted by Crippen LogP contribution is 1.90. The zero-order valence-corrected chi connectivity index (χ0v) is 5.77. The van der Waals surface area contributed by atoms with Crippen molar-refractivity contribution in [3.63, 3.8) is 0 Å². The van der Waals surface area contributed by atoms with Crippen molar-refractivity contribution in [2.45, 2.75) is 19.4 Å². The second-order valence-corrected chi connectivity index (χ2v) is 2.10. The first-order chi connectivity index (χ1) is 4.93. The molecule has 4 heteroatoms. The van der Waals surface area contributed by atoms with Gasteiger partial charge in [-0.15, -0.1) is 5.10 Å². The summed E-state index contributed by atoms with van der Waals surface area (Å²) in [5.41, 5.74) is 0. The molecule has 0 aliphatic rings. The number of nitrogens with zero attached hydrogens (tertiary/aromatic N) is 3. The molecule has 0 aliphatic carbocycles. The monoisotopic (exact) mass is 141 g/mol. The van der Waals surface area contributed by atoms with E-state index in [-0.39, 0.29) is 6.61 Å². The summed E-state index contributed by atoms with van der Waals surface area (Å²) in [6, 6.07) is 0. The highest BCUT2D eigenvalue weighted by atomic mass is 16.2. The molecule has 0 aromatic carbocycles. The molecule has 0 amide bonds. The molecule has 0 radical (unpaired) electrons. The fraction of sp³-hybridized carbons (Fsp3) is 0.667. The first-order valence-corrected chi connectivity index (χ1v) is 3.38. The number of hydrogen-bond donors (Lipinski definition) is 1. The van der Waals surface area contributed by atoms with E-state index in [0.29, 0.717) is 0 Å². The van der Waals surface area contributed by atoms with Crippen LogP contribution in [0.2, 0.25) is 0 Å². The lowest BCUT2D eigenvalue weighted by Gasteiger charge is -1.96. The van der Waals surface area contributed by atoms with Crippen LogP contribution in [-0.4, -0.2) is 26.7 Å². The zero-order valence-electron chi connectivity index (χ0n) is 5.77. The van der Waals surface area contributed by atoms with Crippen LogP contribution in [0.1, 0.15) is 12.8 Å². The van der Waals surface area contributed by atoms with Gasteiger partial charge < -0.3 is 5.11 Å². The summed E-state index contributed by atoms with van der Waals surface area (Å²) in [6.45, 7) is 1.11. The fourth-order valence-corrected chi connectivity index (χ4v) is 0.738. The van der Waals surface area contributed by atoms with E-state index >= 15 is 0 Å². The van der Waals surface area contributed by atoms with Crippen LogP contribution in [-0.2, 0) is 6.54 Å². The predicted molar refractivity (Wildman–Crippen MR) is 36.3 cm³/mol. The molecular formula is C6H11N3O. The van der Waals surface area contributed by atoms with Crippen LogP contribution < -0.4 is 0 Å². The maximum Gasteiger partial charge on any atom is 0.0692 e. The molecule has 1 heterocycles. The fourth-order valence-electron chi connectivity index (χ4n) is 0.738. The van der Waals surface area contributed by atoms with Gasteiger partial charge >= 0.3 is 0 Å². The quantitative estimate of drug-likeness (QED) is 0.603. The van der Waals surface area contributed by atoms with Crippen LogP contribution in [0.4, 0.5) is 0 Å². The summed E-state index contributed by atoms with van der Waals surface area (Å²) < 4.78 is 1.76. The average Bonchev–Trinajstić information content (AvgIpc) is 2.41. The van der Waals surface area contributed by atoms with Crippen LogP contribution in [0, 0.1) is 0 Å². The molecule has 1 rings (SSSR count). The Kier molecular flexibility index (Phi) is 2.89. The Labute approximate surface area is 59.5 Å². The van der Waals surface area contributed by atoms with E-state index in [2.05, 4.69) is 10.3 Å². The molecular weight excluding hydrogens is 130 g/mol. The number of unbranched alkanes of at least 4 members (excludes halogenated alkanes) is 1. The molecule has 10 heavy (non-hydrogen) atoms. The van der Waals surface area contributed by atoms with Crippen LogP contribution in [0.5, 0.6) is 0 Å². The Morgan fingerprint density at radius 2 is 2.30 bits per heavy atom. The number of aryl methyl sites for hydroxylation is 1. The topological polar surface area (TPSA) is 50.9 Å². The summed E-state index contributed by atoms with van der Waals surface area (Å²) in [6.07, 6.45) is 5.26. The highest BCUT2D eigenvalue weighted by molar-refractivity contribution is 4.63. The summed E-state index contributed by atoms with van der Waals surface area (Å²) in [5, 5.41) is 15.9. The highest BCUT2D eigenvalue weighted by Gasteiger charge is 1.89. The molecule has 0 atom stereocenters. The van der Waals surface area contributed by atoms with Gasteiger partial charge in [-0.25, -0.2) is 0 Å². The van der Waals surface area contributed by atoms with E-state index in [9.17, 15) is 0 Å². The Bertz CT molecular complexity index is 162. The van der Waals surface area contributed by atoms with Gasteiger partial charge in [-0.3, -0.25) is 4.68 Å². The third-order valence-electron chi connectivity index (χ3n) is 1.27. The Morgan fingerprint density at radius 3 is 2.90 bits per heavy atom. The number of rotatable bonds is 4. The van der Waals surface area contributed by atoms with Crippen molar-refractivity contribution in [2.75, 3.05) is 6.61 Å². The van der Waals surface area contributed by atoms with Gasteiger partial charge in [0.05, 0.1) is 6.20 Å². The van der Waals surface area contributed by atoms with Crippen molar-refractivity contribution in [3.8, 4) is 0 Å². The molecule has 56 valence electrons. The second kappa shape index (κ2) is 4.00. The molecule has 0 bridgehead atoms. The van der Waals surface area contributed by atoms with Crippen molar-refractivity contribution < 1.29 is 5.11 Å². The Morgan fingerprint density at radius 1 is 1.40 bits per heavy atom. The standard InChI is InChI=1S/C6H11N3O/c10-6-2-1-4-9-5-3-7-8-9/h3,5,10H,1-2,4,6H2. The van der Waals surface area contributed by atoms with Gasteiger partial charge in [-0.1, -0.05) is 5.21 Å². The molecule has 0 saturated heterocycles. The summed E-state index contributed by atoms with van der Waals surface area (Å²) in [5.74, 6) is 0. The molecule has 4 nitrogen and oxygen atoms in total. The SMILES string of the molecule is OCCCCn1ccnn1. The number of hydrogen-bond acceptors (Lipinski definition) is 3. The first-order valence-electron chi connectivity index (χ1n) is 3.38. The number of aromatic nitrogens is 3. The Hall–Kier alpha value is -0.900. The largest absolute Gasteiger partial charge is 0.396 e. The molecule has 0 spiro atoms.